The molecule has 3 atom stereocenters. The monoisotopic (exact) mass is 370 g/mol. The van der Waals surface area contributed by atoms with Crippen LogP contribution >= 0.6 is 0 Å². The lowest BCUT2D eigenvalue weighted by Crippen LogP contribution is -2.54. The average molecular weight is 370 g/mol. The van der Waals surface area contributed by atoms with E-state index in [9.17, 15) is 9.59 Å². The molecule has 2 amide bonds. The molecule has 7 heteroatoms. The van der Waals surface area contributed by atoms with Crippen LogP contribution in [-0.2, 0) is 16.1 Å². The molecule has 2 aliphatic rings. The lowest BCUT2D eigenvalue weighted by molar-refractivity contribution is -0.148. The summed E-state index contributed by atoms with van der Waals surface area (Å²) in [5.41, 5.74) is 0. The zero-order valence-corrected chi connectivity index (χ0v) is 15.1. The third kappa shape index (κ3) is 3.49. The fourth-order valence-corrected chi connectivity index (χ4v) is 3.56. The van der Waals surface area contributed by atoms with Gasteiger partial charge >= 0.3 is 0 Å². The Hall–Kier alpha value is -2.96. The normalized spacial score (nSPS) is 23.9. The van der Waals surface area contributed by atoms with Gasteiger partial charge in [0.05, 0.1) is 12.8 Å². The Morgan fingerprint density at radius 2 is 1.93 bits per heavy atom. The van der Waals surface area contributed by atoms with E-state index in [4.69, 9.17) is 13.9 Å². The Morgan fingerprint density at radius 1 is 1.15 bits per heavy atom. The summed E-state index contributed by atoms with van der Waals surface area (Å²) in [6.07, 6.45) is 1.78. The lowest BCUT2D eigenvalue weighted by atomic mass is 10.1. The minimum Gasteiger partial charge on any atom is -0.482 e. The molecule has 27 heavy (non-hydrogen) atoms. The number of carbonyl (C=O) groups excluding carboxylic acids is 2. The van der Waals surface area contributed by atoms with Crippen LogP contribution < -0.4 is 14.8 Å². The van der Waals surface area contributed by atoms with Gasteiger partial charge in [0.25, 0.3) is 5.91 Å². The van der Waals surface area contributed by atoms with Crippen LogP contribution in [-0.4, -0.2) is 41.5 Å². The van der Waals surface area contributed by atoms with Gasteiger partial charge in [-0.05, 0) is 44.0 Å². The summed E-state index contributed by atoms with van der Waals surface area (Å²) in [4.78, 5) is 27.3. The van der Waals surface area contributed by atoms with Gasteiger partial charge < -0.3 is 24.1 Å². The first-order chi connectivity index (χ1) is 13.1. The summed E-state index contributed by atoms with van der Waals surface area (Å²) in [5.74, 6) is 1.46. The fraction of sp³-hybridized carbons (Fsp3) is 0.400. The van der Waals surface area contributed by atoms with Gasteiger partial charge in [-0.1, -0.05) is 12.1 Å². The van der Waals surface area contributed by atoms with Gasteiger partial charge in [-0.15, -0.1) is 0 Å². The van der Waals surface area contributed by atoms with Crippen molar-refractivity contribution in [2.75, 3.05) is 6.54 Å². The zero-order chi connectivity index (χ0) is 18.8. The first-order valence-electron chi connectivity index (χ1n) is 9.16. The number of carbonyl (C=O) groups is 2. The predicted octanol–water partition coefficient (Wildman–Crippen LogP) is 2.12. The van der Waals surface area contributed by atoms with Crippen molar-refractivity contribution < 1.29 is 23.5 Å². The highest BCUT2D eigenvalue weighted by Gasteiger charge is 2.42. The highest BCUT2D eigenvalue weighted by atomic mass is 16.6. The molecule has 0 spiro atoms. The zero-order valence-electron chi connectivity index (χ0n) is 15.1. The number of fused-ring (bicyclic) bond motifs is 1. The van der Waals surface area contributed by atoms with E-state index in [1.165, 1.54) is 0 Å². The van der Waals surface area contributed by atoms with E-state index in [1.807, 2.05) is 18.2 Å². The fourth-order valence-electron chi connectivity index (χ4n) is 3.56. The van der Waals surface area contributed by atoms with Crippen LogP contribution in [0.15, 0.2) is 47.1 Å². The molecule has 7 nitrogen and oxygen atoms in total. The third-order valence-electron chi connectivity index (χ3n) is 4.94. The van der Waals surface area contributed by atoms with Crippen LogP contribution in [0.3, 0.4) is 0 Å². The molecule has 1 aromatic carbocycles. The molecule has 1 N–H and O–H groups in total. The standard InChI is InChI=1S/C20H22N2O5/c1-13-18(27-17-9-3-2-8-16(17)26-13)20(24)22-10-4-7-15(22)19(23)21-12-14-6-5-11-25-14/h2-3,5-6,8-9,11,13,15,18H,4,7,10,12H2,1H3,(H,21,23)/t13-,15+,18-/m0/s1. The smallest absolute Gasteiger partial charge is 0.268 e. The molecule has 0 unspecified atom stereocenters. The van der Waals surface area contributed by atoms with Crippen molar-refractivity contribution in [2.24, 2.45) is 0 Å². The summed E-state index contributed by atoms with van der Waals surface area (Å²) in [6.45, 7) is 2.64. The van der Waals surface area contributed by atoms with Crippen LogP contribution in [0.25, 0.3) is 0 Å². The molecule has 0 radical (unpaired) electrons. The van der Waals surface area contributed by atoms with E-state index in [1.54, 1.807) is 36.3 Å². The summed E-state index contributed by atoms with van der Waals surface area (Å²) in [5, 5.41) is 2.84. The highest BCUT2D eigenvalue weighted by molar-refractivity contribution is 5.90. The number of furan rings is 1. The van der Waals surface area contributed by atoms with Crippen LogP contribution in [0.4, 0.5) is 0 Å². The Labute approximate surface area is 157 Å². The van der Waals surface area contributed by atoms with Crippen LogP contribution in [0.2, 0.25) is 0 Å². The Morgan fingerprint density at radius 3 is 2.67 bits per heavy atom. The molecule has 3 heterocycles. The van der Waals surface area contributed by atoms with Gasteiger partial charge in [0.15, 0.2) is 11.5 Å². The maximum Gasteiger partial charge on any atom is 0.268 e. The number of amides is 2. The van der Waals surface area contributed by atoms with Crippen molar-refractivity contribution >= 4 is 11.8 Å². The van der Waals surface area contributed by atoms with Crippen molar-refractivity contribution in [3.05, 3.63) is 48.4 Å². The summed E-state index contributed by atoms with van der Waals surface area (Å²) in [7, 11) is 0. The van der Waals surface area contributed by atoms with Gasteiger partial charge in [-0.3, -0.25) is 9.59 Å². The number of ether oxygens (including phenoxy) is 2. The van der Waals surface area contributed by atoms with Crippen molar-refractivity contribution in [2.45, 2.75) is 44.6 Å². The first-order valence-corrected chi connectivity index (χ1v) is 9.16. The van der Waals surface area contributed by atoms with Gasteiger partial charge in [0.1, 0.15) is 17.9 Å². The SMILES string of the molecule is C[C@@H]1Oc2ccccc2O[C@@H]1C(=O)N1CCC[C@@H]1C(=O)NCc1ccco1. The van der Waals surface area contributed by atoms with E-state index in [-0.39, 0.29) is 11.8 Å². The Kier molecular flexibility index (Phi) is 4.75. The van der Waals surface area contributed by atoms with Crippen molar-refractivity contribution in [3.8, 4) is 11.5 Å². The second-order valence-electron chi connectivity index (χ2n) is 6.79. The lowest BCUT2D eigenvalue weighted by Gasteiger charge is -2.34. The van der Waals surface area contributed by atoms with Crippen molar-refractivity contribution in [1.82, 2.24) is 10.2 Å². The first kappa shape index (κ1) is 17.5. The van der Waals surface area contributed by atoms with E-state index in [2.05, 4.69) is 5.32 Å². The number of nitrogens with one attached hydrogen (secondary N) is 1. The molecule has 1 fully saturated rings. The molecule has 2 aliphatic heterocycles. The predicted molar refractivity (Wildman–Crippen MR) is 96.2 cm³/mol. The van der Waals surface area contributed by atoms with E-state index in [0.717, 1.165) is 6.42 Å². The quantitative estimate of drug-likeness (QED) is 0.892. The van der Waals surface area contributed by atoms with Crippen LogP contribution in [0.1, 0.15) is 25.5 Å². The maximum atomic E-state index is 13.1. The minimum absolute atomic E-state index is 0.179. The highest BCUT2D eigenvalue weighted by Crippen LogP contribution is 2.34. The Balaban J connectivity index is 1.43. The van der Waals surface area contributed by atoms with Crippen molar-refractivity contribution in [3.63, 3.8) is 0 Å². The maximum absolute atomic E-state index is 13.1. The largest absolute Gasteiger partial charge is 0.482 e. The molecule has 0 aliphatic carbocycles. The molecule has 1 aromatic heterocycles. The third-order valence-corrected chi connectivity index (χ3v) is 4.94. The van der Waals surface area contributed by atoms with E-state index in [0.29, 0.717) is 36.8 Å². The minimum atomic E-state index is -0.765. The second kappa shape index (κ2) is 7.34. The number of para-hydroxylation sites is 2. The van der Waals surface area contributed by atoms with E-state index >= 15 is 0 Å². The summed E-state index contributed by atoms with van der Waals surface area (Å²) >= 11 is 0. The summed E-state index contributed by atoms with van der Waals surface area (Å²) < 4.78 is 17.0. The number of nitrogens with zero attached hydrogens (tertiary/aromatic N) is 1. The number of hydrogen-bond donors (Lipinski definition) is 1. The molecule has 2 aromatic rings. The van der Waals surface area contributed by atoms with Crippen LogP contribution in [0, 0.1) is 0 Å². The molecule has 0 saturated carbocycles. The second-order valence-corrected chi connectivity index (χ2v) is 6.79. The molecule has 0 bridgehead atoms. The van der Waals surface area contributed by atoms with Gasteiger partial charge in [0.2, 0.25) is 12.0 Å². The van der Waals surface area contributed by atoms with Gasteiger partial charge in [-0.25, -0.2) is 0 Å². The molecule has 142 valence electrons. The molecular weight excluding hydrogens is 348 g/mol. The van der Waals surface area contributed by atoms with Gasteiger partial charge in [0, 0.05) is 6.54 Å². The Bertz CT molecular complexity index is 820. The topological polar surface area (TPSA) is 81.0 Å². The number of benzene rings is 1. The number of hydrogen-bond acceptors (Lipinski definition) is 5. The molecule has 4 rings (SSSR count). The van der Waals surface area contributed by atoms with Crippen molar-refractivity contribution in [1.29, 1.82) is 0 Å². The van der Waals surface area contributed by atoms with Crippen LogP contribution in [0.5, 0.6) is 11.5 Å². The number of likely N-dealkylation sites (tertiary alicyclic amines) is 1. The molecular formula is C20H22N2O5. The van der Waals surface area contributed by atoms with Gasteiger partial charge in [-0.2, -0.15) is 0 Å². The summed E-state index contributed by atoms with van der Waals surface area (Å²) in [6, 6.07) is 10.3. The molecule has 1 saturated heterocycles. The number of rotatable bonds is 4. The van der Waals surface area contributed by atoms with E-state index < -0.39 is 18.2 Å². The average Bonchev–Trinajstić information content (AvgIpc) is 3.36.